The number of ether oxygens (including phenoxy) is 2. The molecule has 1 amide bonds. The van der Waals surface area contributed by atoms with Gasteiger partial charge in [0.2, 0.25) is 5.91 Å². The predicted octanol–water partition coefficient (Wildman–Crippen LogP) is 6.40. The van der Waals surface area contributed by atoms with Crippen LogP contribution in [0.15, 0.2) is 114 Å². The predicted molar refractivity (Wildman–Crippen MR) is 190 cm³/mol. The molecule has 4 aromatic rings. The van der Waals surface area contributed by atoms with Crippen molar-refractivity contribution < 1.29 is 23.9 Å². The van der Waals surface area contributed by atoms with Gasteiger partial charge in [0.25, 0.3) is 0 Å². The minimum atomic E-state index is -2.62. The summed E-state index contributed by atoms with van der Waals surface area (Å²) in [5.74, 6) is -2.64. The maximum atomic E-state index is 15.8. The Morgan fingerprint density at radius 2 is 1.33 bits per heavy atom. The highest BCUT2D eigenvalue weighted by atomic mass is 35.5. The first kappa shape index (κ1) is 33.4. The molecule has 7 rings (SSSR count). The Labute approximate surface area is 300 Å². The van der Waals surface area contributed by atoms with E-state index in [0.717, 1.165) is 11.1 Å². The Kier molecular flexibility index (Phi) is 8.50. The Morgan fingerprint density at radius 1 is 0.765 bits per heavy atom. The van der Waals surface area contributed by atoms with E-state index in [1.54, 1.807) is 49.1 Å². The standard InChI is InChI=1S/C40H32ClN5O5/c1-3-50-35(47)33-34(36(48)51-4-2)46-32-18-12-11-17-31(32)44(22-26-13-7-5-8-14-26)37(46)40(39(33,24-42)25-43)29-21-28(41)19-20-30(29)45(38(40)49)23-27-15-9-6-10-16-27/h5-21,37H,3-4,22-23H2,1-2H3/t37-,40-/m1/s1. The summed E-state index contributed by atoms with van der Waals surface area (Å²) in [6, 6.07) is 35.3. The van der Waals surface area contributed by atoms with Crippen molar-refractivity contribution in [3.8, 4) is 12.1 Å². The zero-order valence-electron chi connectivity index (χ0n) is 27.9. The second-order valence-corrected chi connectivity index (χ2v) is 12.8. The molecular weight excluding hydrogens is 666 g/mol. The molecule has 0 N–H and O–H groups in total. The SMILES string of the molecule is CCOC(=O)C1=C(C(=O)OCC)C(C#N)(C#N)[C@@]2(C(=O)N(Cc3ccccc3)c3ccc(Cl)cc32)[C@@H]2N(Cc3ccccc3)c3ccccc3N12. The Bertz CT molecular complexity index is 2160. The van der Waals surface area contributed by atoms with Gasteiger partial charge in [-0.05, 0) is 60.9 Å². The summed E-state index contributed by atoms with van der Waals surface area (Å²) in [6.07, 6.45) is -1.24. The van der Waals surface area contributed by atoms with Crippen molar-refractivity contribution in [2.75, 3.05) is 27.9 Å². The van der Waals surface area contributed by atoms with Crippen LogP contribution in [0.3, 0.4) is 0 Å². The minimum Gasteiger partial charge on any atom is -0.462 e. The maximum absolute atomic E-state index is 15.8. The lowest BCUT2D eigenvalue weighted by Crippen LogP contribution is -2.71. The fourth-order valence-corrected chi connectivity index (χ4v) is 7.99. The van der Waals surface area contributed by atoms with E-state index in [-0.39, 0.29) is 42.6 Å². The summed E-state index contributed by atoms with van der Waals surface area (Å²) in [5.41, 5.74) is -2.27. The number of hydrogen-bond donors (Lipinski definition) is 0. The number of nitriles is 2. The number of carbonyl (C=O) groups is 3. The summed E-state index contributed by atoms with van der Waals surface area (Å²) >= 11 is 6.73. The van der Waals surface area contributed by atoms with Crippen LogP contribution in [0.1, 0.15) is 30.5 Å². The number of rotatable bonds is 8. The van der Waals surface area contributed by atoms with E-state index >= 15 is 4.79 Å². The smallest absolute Gasteiger partial charge is 0.355 e. The average Bonchev–Trinajstić information content (AvgIpc) is 3.58. The first-order valence-corrected chi connectivity index (χ1v) is 16.9. The van der Waals surface area contributed by atoms with Crippen molar-refractivity contribution in [3.63, 3.8) is 0 Å². The van der Waals surface area contributed by atoms with Crippen molar-refractivity contribution in [1.82, 2.24) is 0 Å². The quantitative estimate of drug-likeness (QED) is 0.192. The van der Waals surface area contributed by atoms with Gasteiger partial charge >= 0.3 is 11.9 Å². The minimum absolute atomic E-state index is 0.0637. The molecule has 0 bridgehead atoms. The van der Waals surface area contributed by atoms with Crippen molar-refractivity contribution in [3.05, 3.63) is 136 Å². The van der Waals surface area contributed by atoms with Crippen molar-refractivity contribution in [2.45, 2.75) is 38.5 Å². The highest BCUT2D eigenvalue weighted by Crippen LogP contribution is 2.65. The first-order valence-electron chi connectivity index (χ1n) is 16.5. The average molecular weight is 698 g/mol. The van der Waals surface area contributed by atoms with E-state index < -0.39 is 40.4 Å². The number of carbonyl (C=O) groups excluding carboxylic acids is 3. The number of nitrogens with zero attached hydrogens (tertiary/aromatic N) is 5. The number of anilines is 3. The van der Waals surface area contributed by atoms with Crippen molar-refractivity contribution in [1.29, 1.82) is 10.5 Å². The molecule has 0 aromatic heterocycles. The largest absolute Gasteiger partial charge is 0.462 e. The highest BCUT2D eigenvalue weighted by molar-refractivity contribution is 6.31. The lowest BCUT2D eigenvalue weighted by molar-refractivity contribution is -0.144. The van der Waals surface area contributed by atoms with Gasteiger partial charge < -0.3 is 24.2 Å². The number of hydrogen-bond acceptors (Lipinski definition) is 9. The van der Waals surface area contributed by atoms with Crippen LogP contribution in [0.4, 0.5) is 17.1 Å². The molecule has 10 nitrogen and oxygen atoms in total. The summed E-state index contributed by atoms with van der Waals surface area (Å²) in [6.45, 7) is 3.30. The van der Waals surface area contributed by atoms with Crippen LogP contribution in [-0.4, -0.2) is 37.2 Å². The lowest BCUT2D eigenvalue weighted by Gasteiger charge is -2.53. The van der Waals surface area contributed by atoms with Crippen molar-refractivity contribution >= 4 is 46.5 Å². The van der Waals surface area contributed by atoms with Gasteiger partial charge in [-0.3, -0.25) is 4.79 Å². The van der Waals surface area contributed by atoms with Crippen molar-refractivity contribution in [2.24, 2.45) is 5.41 Å². The number of esters is 2. The van der Waals surface area contributed by atoms with E-state index in [0.29, 0.717) is 17.1 Å². The highest BCUT2D eigenvalue weighted by Gasteiger charge is 2.78. The molecule has 0 unspecified atom stereocenters. The Hall–Kier alpha value is -6.10. The molecule has 0 fully saturated rings. The zero-order valence-corrected chi connectivity index (χ0v) is 28.6. The third kappa shape index (κ3) is 4.79. The summed E-state index contributed by atoms with van der Waals surface area (Å²) < 4.78 is 11.1. The van der Waals surface area contributed by atoms with E-state index in [2.05, 4.69) is 12.1 Å². The molecule has 1 spiro atoms. The molecule has 11 heteroatoms. The van der Waals surface area contributed by atoms with Gasteiger partial charge in [-0.15, -0.1) is 0 Å². The van der Waals surface area contributed by atoms with E-state index in [4.69, 9.17) is 21.1 Å². The molecule has 0 aliphatic carbocycles. The molecule has 3 aliphatic heterocycles. The van der Waals surface area contributed by atoms with Crippen LogP contribution in [0.25, 0.3) is 0 Å². The molecule has 0 radical (unpaired) electrons. The summed E-state index contributed by atoms with van der Waals surface area (Å²) in [7, 11) is 0. The van der Waals surface area contributed by atoms with Gasteiger partial charge in [0.1, 0.15) is 17.4 Å². The Balaban J connectivity index is 1.65. The fourth-order valence-electron chi connectivity index (χ4n) is 7.82. The third-order valence-corrected chi connectivity index (χ3v) is 9.98. The van der Waals surface area contributed by atoms with Gasteiger partial charge in [0.15, 0.2) is 10.8 Å². The van der Waals surface area contributed by atoms with Gasteiger partial charge in [-0.25, -0.2) is 9.59 Å². The lowest BCUT2D eigenvalue weighted by atomic mass is 9.53. The number of benzene rings is 4. The topological polar surface area (TPSA) is 127 Å². The fraction of sp³-hybridized carbons (Fsp3) is 0.225. The molecule has 3 aliphatic rings. The van der Waals surface area contributed by atoms with E-state index in [1.807, 2.05) is 77.7 Å². The maximum Gasteiger partial charge on any atom is 0.355 e. The summed E-state index contributed by atoms with van der Waals surface area (Å²) in [5, 5.41) is 23.2. The molecule has 0 saturated carbocycles. The number of halogens is 1. The van der Waals surface area contributed by atoms with Crippen LogP contribution in [0.2, 0.25) is 5.02 Å². The second-order valence-electron chi connectivity index (χ2n) is 12.3. The van der Waals surface area contributed by atoms with Gasteiger partial charge in [-0.2, -0.15) is 10.5 Å². The monoisotopic (exact) mass is 697 g/mol. The molecule has 0 saturated heterocycles. The zero-order chi connectivity index (χ0) is 35.9. The van der Waals surface area contributed by atoms with Crippen LogP contribution in [0.5, 0.6) is 0 Å². The number of fused-ring (bicyclic) bond motifs is 6. The molecule has 4 aromatic carbocycles. The van der Waals surface area contributed by atoms with Gasteiger partial charge in [0.05, 0.1) is 43.3 Å². The molecule has 254 valence electrons. The molecule has 2 atom stereocenters. The normalized spacial score (nSPS) is 19.6. The molecular formula is C40H32ClN5O5. The molecule has 51 heavy (non-hydrogen) atoms. The van der Waals surface area contributed by atoms with Crippen LogP contribution in [0, 0.1) is 28.1 Å². The van der Waals surface area contributed by atoms with Gasteiger partial charge in [-0.1, -0.05) is 84.4 Å². The van der Waals surface area contributed by atoms with Crippen LogP contribution in [-0.2, 0) is 42.4 Å². The number of para-hydroxylation sites is 2. The third-order valence-electron chi connectivity index (χ3n) is 9.74. The van der Waals surface area contributed by atoms with Crippen LogP contribution < -0.4 is 14.7 Å². The second kappa shape index (κ2) is 13.0. The Morgan fingerprint density at radius 3 is 1.94 bits per heavy atom. The van der Waals surface area contributed by atoms with Gasteiger partial charge in [0, 0.05) is 17.3 Å². The van der Waals surface area contributed by atoms with E-state index in [9.17, 15) is 20.1 Å². The first-order chi connectivity index (χ1) is 24.8. The van der Waals surface area contributed by atoms with Crippen LogP contribution >= 0.6 is 11.6 Å². The van der Waals surface area contributed by atoms with E-state index in [1.165, 1.54) is 4.90 Å². The molecule has 3 heterocycles. The summed E-state index contributed by atoms with van der Waals surface area (Å²) in [4.78, 5) is 49.5. The number of amides is 1.